The maximum absolute atomic E-state index is 11.4. The highest BCUT2D eigenvalue weighted by Gasteiger charge is 2.32. The SMILES string of the molecule is COC(=O)C(C)(C)Oc1ccc(O)cc1C.COC(=O)C1Cc2cc(O)ccc2O1.COC(=O)CCc1ccc(O)cc1C.COC(=O)COc1ccc(O)cc1C.COC(=O)COc1ccc(OCC(N)=O)cc1C.COC(=O)COc1ccc(OCC(N)=S)cc1C.COC(=O)Cc1cccc2cc(O)ccc12. The number of carbonyl (C=O) groups excluding carboxylic acids is 8. The second-order valence-corrected chi connectivity index (χ2v) is 24.4. The first-order chi connectivity index (χ1) is 52.1. The number of fused-ring (bicyclic) bond motifs is 2. The van der Waals surface area contributed by atoms with E-state index in [9.17, 15) is 53.7 Å². The normalized spacial score (nSPS) is 11.1. The first-order valence-corrected chi connectivity index (χ1v) is 33.7. The van der Waals surface area contributed by atoms with Gasteiger partial charge in [0.05, 0.1) is 56.2 Å². The predicted octanol–water partition coefficient (Wildman–Crippen LogP) is 9.84. The molecular weight excluding hydrogens is 1450 g/mol. The zero-order valence-electron chi connectivity index (χ0n) is 63.6. The van der Waals surface area contributed by atoms with Crippen molar-refractivity contribution in [2.24, 2.45) is 11.5 Å². The van der Waals surface area contributed by atoms with E-state index in [1.807, 2.05) is 44.2 Å². The van der Waals surface area contributed by atoms with E-state index >= 15 is 0 Å². The lowest BCUT2D eigenvalue weighted by Crippen LogP contribution is -2.39. The van der Waals surface area contributed by atoms with Crippen molar-refractivity contribution in [3.63, 3.8) is 0 Å². The van der Waals surface area contributed by atoms with E-state index in [4.69, 9.17) is 67.1 Å². The average Bonchev–Trinajstić information content (AvgIpc) is 0.887. The van der Waals surface area contributed by atoms with Crippen LogP contribution in [0.15, 0.2) is 146 Å². The number of thiocarbonyl (C=S) groups is 1. The lowest BCUT2D eigenvalue weighted by Gasteiger charge is -2.24. The molecule has 0 spiro atoms. The number of hydrogen-bond acceptors (Lipinski definition) is 28. The average molecular weight is 1550 g/mol. The summed E-state index contributed by atoms with van der Waals surface area (Å²) in [7, 11) is 9.30. The molecule has 0 fully saturated rings. The molecule has 1 heterocycles. The molecule has 9 N–H and O–H groups in total. The quantitative estimate of drug-likeness (QED) is 0.0168. The number of methoxy groups -OCH3 is 7. The maximum Gasteiger partial charge on any atom is 0.349 e. The summed E-state index contributed by atoms with van der Waals surface area (Å²) in [5.74, 6) is 1.89. The Morgan fingerprint density at radius 2 is 0.882 bits per heavy atom. The number of rotatable bonds is 24. The fourth-order valence-electron chi connectivity index (χ4n) is 9.27. The number of phenolic OH excluding ortho intramolecular Hbond substituents is 5. The first kappa shape index (κ1) is 91.5. The summed E-state index contributed by atoms with van der Waals surface area (Å²) in [5, 5.41) is 48.0. The molecule has 0 aromatic heterocycles. The summed E-state index contributed by atoms with van der Waals surface area (Å²) >= 11 is 4.71. The van der Waals surface area contributed by atoms with Crippen molar-refractivity contribution in [3.8, 4) is 69.0 Å². The van der Waals surface area contributed by atoms with Gasteiger partial charge < -0.3 is 103 Å². The van der Waals surface area contributed by atoms with Crippen molar-refractivity contribution in [2.45, 2.75) is 85.9 Å². The highest BCUT2D eigenvalue weighted by Crippen LogP contribution is 2.33. The van der Waals surface area contributed by atoms with Crippen LogP contribution in [0.2, 0.25) is 0 Å². The smallest absolute Gasteiger partial charge is 0.349 e. The van der Waals surface area contributed by atoms with Gasteiger partial charge in [0.25, 0.3) is 5.91 Å². The molecule has 1 aliphatic rings. The van der Waals surface area contributed by atoms with Crippen LogP contribution in [-0.2, 0) is 90.8 Å². The Labute approximate surface area is 642 Å². The molecule has 8 aromatic rings. The van der Waals surface area contributed by atoms with Gasteiger partial charge in [-0.15, -0.1) is 0 Å². The molecule has 29 nitrogen and oxygen atoms in total. The van der Waals surface area contributed by atoms with Crippen LogP contribution < -0.4 is 44.6 Å². The van der Waals surface area contributed by atoms with Gasteiger partial charge in [0, 0.05) is 18.4 Å². The van der Waals surface area contributed by atoms with Gasteiger partial charge >= 0.3 is 41.8 Å². The van der Waals surface area contributed by atoms with Crippen LogP contribution in [0.1, 0.15) is 64.8 Å². The molecule has 9 rings (SSSR count). The summed E-state index contributed by atoms with van der Waals surface area (Å²) in [6, 6.07) is 40.2. The molecule has 1 aliphatic heterocycles. The lowest BCUT2D eigenvalue weighted by molar-refractivity contribution is -0.156. The maximum atomic E-state index is 11.4. The van der Waals surface area contributed by atoms with Gasteiger partial charge in [0.15, 0.2) is 38.1 Å². The molecule has 0 aliphatic carbocycles. The minimum absolute atomic E-state index is 0.121. The van der Waals surface area contributed by atoms with Crippen LogP contribution >= 0.6 is 12.2 Å². The van der Waals surface area contributed by atoms with E-state index < -0.39 is 41.5 Å². The Balaban J connectivity index is 0.000000333. The number of phenols is 5. The molecule has 30 heteroatoms. The molecule has 8 aromatic carbocycles. The predicted molar refractivity (Wildman–Crippen MR) is 407 cm³/mol. The Kier molecular flexibility index (Phi) is 39.1. The van der Waals surface area contributed by atoms with Gasteiger partial charge in [0.2, 0.25) is 0 Å². The number of primary amides is 1. The first-order valence-electron chi connectivity index (χ1n) is 33.3. The van der Waals surface area contributed by atoms with Crippen molar-refractivity contribution in [1.82, 2.24) is 0 Å². The minimum Gasteiger partial charge on any atom is -0.508 e. The van der Waals surface area contributed by atoms with Crippen molar-refractivity contribution < 1.29 is 130 Å². The topological polar surface area (TPSA) is 419 Å². The van der Waals surface area contributed by atoms with Crippen LogP contribution in [0.5, 0.6) is 69.0 Å². The van der Waals surface area contributed by atoms with Gasteiger partial charge in [-0.05, 0) is 220 Å². The van der Waals surface area contributed by atoms with Crippen molar-refractivity contribution in [3.05, 3.63) is 190 Å². The van der Waals surface area contributed by atoms with Crippen molar-refractivity contribution in [1.29, 1.82) is 0 Å². The van der Waals surface area contributed by atoms with E-state index in [2.05, 4.69) is 33.2 Å². The molecule has 1 unspecified atom stereocenters. The third-order valence-electron chi connectivity index (χ3n) is 15.0. The number of ether oxygens (including phenoxy) is 14. The van der Waals surface area contributed by atoms with Crippen LogP contribution in [0.3, 0.4) is 0 Å². The molecule has 0 saturated heterocycles. The lowest BCUT2D eigenvalue weighted by atomic mass is 10.0. The number of esters is 7. The second kappa shape index (κ2) is 47.1. The monoisotopic (exact) mass is 1550 g/mol. The van der Waals surface area contributed by atoms with Gasteiger partial charge in [-0.2, -0.15) is 0 Å². The van der Waals surface area contributed by atoms with Crippen LogP contribution in [0.4, 0.5) is 0 Å². The molecule has 0 radical (unpaired) electrons. The third-order valence-corrected chi connectivity index (χ3v) is 15.1. The number of amides is 1. The Morgan fingerprint density at radius 3 is 1.34 bits per heavy atom. The molecular formula is C80H94N2O27S. The zero-order valence-corrected chi connectivity index (χ0v) is 64.4. The van der Waals surface area contributed by atoms with Crippen molar-refractivity contribution in [2.75, 3.05) is 82.8 Å². The van der Waals surface area contributed by atoms with E-state index in [-0.39, 0.29) is 86.1 Å². The summed E-state index contributed by atoms with van der Waals surface area (Å²) in [4.78, 5) is 88.2. The number of aryl methyl sites for hydroxylation is 6. The zero-order chi connectivity index (χ0) is 82.2. The van der Waals surface area contributed by atoms with Crippen LogP contribution in [-0.4, -0.2) is 173 Å². The molecule has 1 atom stereocenters. The minimum atomic E-state index is -1.05. The standard InChI is InChI=1S/C13H12O3.C12H15NO5.C12H15NO4S.C12H16O4.C11H14O3.C10H10O4.C10H12O4/c1-16-13(15)8-10-4-2-3-9-7-11(14)5-6-12(9)10;1-8-5-9(17-6-11(13)14)3-4-10(8)18-7-12(15)16-2;1-8-5-9(16-6-11(13)18)3-4-10(8)17-7-12(14)15-2;1-8-7-9(13)5-6-10(8)16-12(2,3)11(14)15-4;1-8-7-10(12)5-3-9(8)4-6-11(13)14-2;1-13-10(12)9-5-6-4-7(11)2-3-8(6)14-9;1-7-5-8(11)3-4-9(7)14-6-10(12)13-2/h2-7,14H,8H2,1H3;3-5H,6-7H2,1-2H3,(H2,13,14);3-5H,6-7H2,1-2H3,(H2,13,18);5-7,13H,1-4H3;3,5,7,12H,4,6H2,1-2H3;2-4,9,11H,5H2,1H3;3-5,11H,6H2,1-2H3. The van der Waals surface area contributed by atoms with E-state index in [1.165, 1.54) is 68.0 Å². The fourth-order valence-corrected chi connectivity index (χ4v) is 9.33. The number of aromatic hydroxyl groups is 5. The second-order valence-electron chi connectivity index (χ2n) is 23.9. The van der Waals surface area contributed by atoms with Crippen LogP contribution in [0, 0.1) is 34.6 Å². The summed E-state index contributed by atoms with van der Waals surface area (Å²) < 4.78 is 68.8. The Bertz CT molecular complexity index is 4250. The Morgan fingerprint density at radius 1 is 0.445 bits per heavy atom. The third kappa shape index (κ3) is 33.4. The molecule has 110 heavy (non-hydrogen) atoms. The molecule has 0 bridgehead atoms. The van der Waals surface area contributed by atoms with E-state index in [1.54, 1.807) is 132 Å². The number of benzene rings is 8. The fraction of sp³-hybridized carbons (Fsp3) is 0.312. The highest BCUT2D eigenvalue weighted by atomic mass is 32.1. The summed E-state index contributed by atoms with van der Waals surface area (Å²) in [6.45, 7) is 12.0. The van der Waals surface area contributed by atoms with E-state index in [0.717, 1.165) is 55.3 Å². The number of nitrogens with two attached hydrogens (primary N) is 2. The van der Waals surface area contributed by atoms with Crippen molar-refractivity contribution >= 4 is 75.7 Å². The van der Waals surface area contributed by atoms with Crippen LogP contribution in [0.25, 0.3) is 10.8 Å². The van der Waals surface area contributed by atoms with Gasteiger partial charge in [-0.25, -0.2) is 24.0 Å². The summed E-state index contributed by atoms with van der Waals surface area (Å²) in [5.41, 5.74) is 16.2. The molecule has 592 valence electrons. The number of carbonyl (C=O) groups is 8. The molecule has 0 saturated carbocycles. The summed E-state index contributed by atoms with van der Waals surface area (Å²) in [6.07, 6.45) is 1.16. The molecule has 1 amide bonds. The van der Waals surface area contributed by atoms with E-state index in [0.29, 0.717) is 64.5 Å². The van der Waals surface area contributed by atoms with Gasteiger partial charge in [-0.3, -0.25) is 14.4 Å². The van der Waals surface area contributed by atoms with Gasteiger partial charge in [-0.1, -0.05) is 42.5 Å². The largest absolute Gasteiger partial charge is 0.508 e. The van der Waals surface area contributed by atoms with Gasteiger partial charge in [0.1, 0.15) is 80.6 Å². The number of hydrogen-bond donors (Lipinski definition) is 7. The highest BCUT2D eigenvalue weighted by molar-refractivity contribution is 7.80. The Hall–Kier alpha value is -12.7.